The van der Waals surface area contributed by atoms with E-state index in [4.69, 9.17) is 4.74 Å². The molecule has 0 spiro atoms. The van der Waals surface area contributed by atoms with E-state index in [1.807, 2.05) is 31.2 Å². The Labute approximate surface area is 136 Å². The molecule has 1 aromatic carbocycles. The van der Waals surface area contributed by atoms with Crippen LogP contribution in [0, 0.1) is 0 Å². The monoisotopic (exact) mass is 317 g/mol. The lowest BCUT2D eigenvalue weighted by molar-refractivity contribution is -0.146. The minimum absolute atomic E-state index is 0.495. The van der Waals surface area contributed by atoms with Gasteiger partial charge in [-0.05, 0) is 43.9 Å². The Morgan fingerprint density at radius 1 is 1.17 bits per heavy atom. The number of piperidine rings is 1. The summed E-state index contributed by atoms with van der Waals surface area (Å²) < 4.78 is 5.11. The number of likely N-dealkylation sites (tertiary alicyclic amines) is 1. The maximum atomic E-state index is 12.0. The van der Waals surface area contributed by atoms with Gasteiger partial charge in [-0.15, -0.1) is 0 Å². The predicted molar refractivity (Wildman–Crippen MR) is 88.4 cm³/mol. The van der Waals surface area contributed by atoms with Crippen LogP contribution in [0.2, 0.25) is 0 Å². The smallest absolute Gasteiger partial charge is 0.329 e. The minimum Gasteiger partial charge on any atom is -0.497 e. The van der Waals surface area contributed by atoms with E-state index in [0.717, 1.165) is 36.3 Å². The molecule has 23 heavy (non-hydrogen) atoms. The standard InChI is InChI=1S/C17H23N3O3/c1-13(12-14-6-8-15(23-2)9-7-14)18-19-16(21)17(22)20-10-4-3-5-11-20/h6-9H,3-5,10-12H2,1-2H3,(H,19,21)/b18-13-. The quantitative estimate of drug-likeness (QED) is 0.522. The molecule has 0 unspecified atom stereocenters. The van der Waals surface area contributed by atoms with Crippen LogP contribution in [0.15, 0.2) is 29.4 Å². The van der Waals surface area contributed by atoms with Crippen molar-refractivity contribution in [3.05, 3.63) is 29.8 Å². The normalized spacial score (nSPS) is 15.2. The molecule has 1 aliphatic heterocycles. The van der Waals surface area contributed by atoms with Gasteiger partial charge in [-0.3, -0.25) is 9.59 Å². The van der Waals surface area contributed by atoms with Crippen molar-refractivity contribution >= 4 is 17.5 Å². The van der Waals surface area contributed by atoms with Gasteiger partial charge >= 0.3 is 11.8 Å². The van der Waals surface area contributed by atoms with Gasteiger partial charge in [0.15, 0.2) is 0 Å². The van der Waals surface area contributed by atoms with Gasteiger partial charge in [0, 0.05) is 25.2 Å². The summed E-state index contributed by atoms with van der Waals surface area (Å²) in [5.41, 5.74) is 4.15. The summed E-state index contributed by atoms with van der Waals surface area (Å²) in [5, 5.41) is 4.02. The molecule has 2 rings (SSSR count). The highest BCUT2D eigenvalue weighted by atomic mass is 16.5. The molecule has 6 nitrogen and oxygen atoms in total. The van der Waals surface area contributed by atoms with Crippen LogP contribution >= 0.6 is 0 Å². The number of nitrogens with one attached hydrogen (secondary N) is 1. The van der Waals surface area contributed by atoms with E-state index in [1.165, 1.54) is 0 Å². The van der Waals surface area contributed by atoms with Crippen LogP contribution in [0.25, 0.3) is 0 Å². The molecule has 1 aromatic rings. The summed E-state index contributed by atoms with van der Waals surface area (Å²) in [6.07, 6.45) is 3.63. The van der Waals surface area contributed by atoms with Crippen molar-refractivity contribution in [2.75, 3.05) is 20.2 Å². The summed E-state index contributed by atoms with van der Waals surface area (Å²) in [7, 11) is 1.62. The van der Waals surface area contributed by atoms with Gasteiger partial charge in [-0.1, -0.05) is 12.1 Å². The van der Waals surface area contributed by atoms with Crippen molar-refractivity contribution in [3.63, 3.8) is 0 Å². The van der Waals surface area contributed by atoms with Crippen LogP contribution in [0.4, 0.5) is 0 Å². The lowest BCUT2D eigenvalue weighted by Gasteiger charge is -2.25. The minimum atomic E-state index is -0.666. The molecule has 0 aliphatic carbocycles. The Morgan fingerprint density at radius 3 is 2.43 bits per heavy atom. The highest BCUT2D eigenvalue weighted by molar-refractivity contribution is 6.35. The van der Waals surface area contributed by atoms with E-state index in [2.05, 4.69) is 10.5 Å². The maximum Gasteiger partial charge on any atom is 0.329 e. The van der Waals surface area contributed by atoms with E-state index >= 15 is 0 Å². The number of methoxy groups -OCH3 is 1. The fraction of sp³-hybridized carbons (Fsp3) is 0.471. The number of rotatable bonds is 4. The Kier molecular flexibility index (Phi) is 6.14. The van der Waals surface area contributed by atoms with E-state index in [9.17, 15) is 9.59 Å². The second kappa shape index (κ2) is 8.31. The molecule has 0 aromatic heterocycles. The summed E-state index contributed by atoms with van der Waals surface area (Å²) in [6.45, 7) is 3.12. The number of nitrogens with zero attached hydrogens (tertiary/aromatic N) is 2. The van der Waals surface area contributed by atoms with Gasteiger partial charge < -0.3 is 9.64 Å². The van der Waals surface area contributed by atoms with E-state index in [-0.39, 0.29) is 0 Å². The second-order valence-electron chi connectivity index (χ2n) is 5.67. The van der Waals surface area contributed by atoms with Crippen molar-refractivity contribution in [2.45, 2.75) is 32.6 Å². The number of hydrogen-bond donors (Lipinski definition) is 1. The van der Waals surface area contributed by atoms with Crippen molar-refractivity contribution < 1.29 is 14.3 Å². The average molecular weight is 317 g/mol. The second-order valence-corrected chi connectivity index (χ2v) is 5.67. The van der Waals surface area contributed by atoms with Crippen LogP contribution in [0.3, 0.4) is 0 Å². The van der Waals surface area contributed by atoms with E-state index < -0.39 is 11.8 Å². The molecule has 0 radical (unpaired) electrons. The fourth-order valence-corrected chi connectivity index (χ4v) is 2.51. The molecule has 1 saturated heterocycles. The zero-order valence-corrected chi connectivity index (χ0v) is 13.7. The number of benzene rings is 1. The molecular formula is C17H23N3O3. The molecule has 1 aliphatic rings. The molecule has 124 valence electrons. The van der Waals surface area contributed by atoms with Crippen molar-refractivity contribution in [2.24, 2.45) is 5.10 Å². The Balaban J connectivity index is 1.85. The first kappa shape index (κ1) is 17.0. The number of ether oxygens (including phenoxy) is 1. The lowest BCUT2D eigenvalue weighted by atomic mass is 10.1. The van der Waals surface area contributed by atoms with Crippen LogP contribution in [-0.4, -0.2) is 42.6 Å². The van der Waals surface area contributed by atoms with Gasteiger partial charge in [0.2, 0.25) is 0 Å². The maximum absolute atomic E-state index is 12.0. The van der Waals surface area contributed by atoms with Gasteiger partial charge in [-0.25, -0.2) is 5.43 Å². The van der Waals surface area contributed by atoms with E-state index in [0.29, 0.717) is 19.5 Å². The molecule has 0 bridgehead atoms. The fourth-order valence-electron chi connectivity index (χ4n) is 2.51. The molecule has 0 atom stereocenters. The molecule has 0 saturated carbocycles. The third kappa shape index (κ3) is 5.09. The molecule has 1 N–H and O–H groups in total. The number of hydrazone groups is 1. The Bertz CT molecular complexity index is 575. The number of amides is 2. The molecule has 1 fully saturated rings. The van der Waals surface area contributed by atoms with Gasteiger partial charge in [-0.2, -0.15) is 5.10 Å². The summed E-state index contributed by atoms with van der Waals surface area (Å²) in [4.78, 5) is 25.4. The first-order chi connectivity index (χ1) is 11.1. The predicted octanol–water partition coefficient (Wildman–Crippen LogP) is 1.74. The number of carbonyl (C=O) groups excluding carboxylic acids is 2. The van der Waals surface area contributed by atoms with Crippen LogP contribution < -0.4 is 10.2 Å². The average Bonchev–Trinajstić information content (AvgIpc) is 2.60. The van der Waals surface area contributed by atoms with Gasteiger partial charge in [0.25, 0.3) is 0 Å². The third-order valence-corrected chi connectivity index (χ3v) is 3.80. The summed E-state index contributed by atoms with van der Waals surface area (Å²) in [5.74, 6) is -0.365. The van der Waals surface area contributed by atoms with Crippen LogP contribution in [0.5, 0.6) is 5.75 Å². The summed E-state index contributed by atoms with van der Waals surface area (Å²) in [6, 6.07) is 7.64. The Morgan fingerprint density at radius 2 is 1.83 bits per heavy atom. The highest BCUT2D eigenvalue weighted by Crippen LogP contribution is 2.12. The van der Waals surface area contributed by atoms with E-state index in [1.54, 1.807) is 12.0 Å². The molecule has 1 heterocycles. The topological polar surface area (TPSA) is 71.0 Å². The van der Waals surface area contributed by atoms with Crippen LogP contribution in [-0.2, 0) is 16.0 Å². The largest absolute Gasteiger partial charge is 0.497 e. The third-order valence-electron chi connectivity index (χ3n) is 3.80. The molecule has 6 heteroatoms. The van der Waals surface area contributed by atoms with Gasteiger partial charge in [0.1, 0.15) is 5.75 Å². The zero-order valence-electron chi connectivity index (χ0n) is 13.7. The lowest BCUT2D eigenvalue weighted by Crippen LogP contribution is -2.44. The number of carbonyl (C=O) groups is 2. The number of hydrogen-bond acceptors (Lipinski definition) is 4. The van der Waals surface area contributed by atoms with Crippen molar-refractivity contribution in [3.8, 4) is 5.75 Å². The first-order valence-electron chi connectivity index (χ1n) is 7.85. The van der Waals surface area contributed by atoms with Crippen molar-refractivity contribution in [1.82, 2.24) is 10.3 Å². The van der Waals surface area contributed by atoms with Gasteiger partial charge in [0.05, 0.1) is 7.11 Å². The molecular weight excluding hydrogens is 294 g/mol. The zero-order chi connectivity index (χ0) is 16.7. The molecule has 2 amide bonds. The Hall–Kier alpha value is -2.37. The SMILES string of the molecule is COc1ccc(C/C(C)=N\NC(=O)C(=O)N2CCCCC2)cc1. The first-order valence-corrected chi connectivity index (χ1v) is 7.85. The summed E-state index contributed by atoms with van der Waals surface area (Å²) >= 11 is 0. The van der Waals surface area contributed by atoms with Crippen molar-refractivity contribution in [1.29, 1.82) is 0 Å². The van der Waals surface area contributed by atoms with Crippen LogP contribution in [0.1, 0.15) is 31.7 Å². The highest BCUT2D eigenvalue weighted by Gasteiger charge is 2.22.